The summed E-state index contributed by atoms with van der Waals surface area (Å²) < 4.78 is 7.24. The molecule has 0 aliphatic carbocycles. The summed E-state index contributed by atoms with van der Waals surface area (Å²) in [5.74, 6) is 1.45. The van der Waals surface area contributed by atoms with Crippen LogP contribution >= 0.6 is 0 Å². The second-order valence-electron chi connectivity index (χ2n) is 7.77. The third-order valence-electron chi connectivity index (χ3n) is 5.43. The van der Waals surface area contributed by atoms with Gasteiger partial charge in [-0.2, -0.15) is 0 Å². The lowest BCUT2D eigenvalue weighted by atomic mass is 10.0. The van der Waals surface area contributed by atoms with Crippen LogP contribution in [0.15, 0.2) is 66.7 Å². The van der Waals surface area contributed by atoms with Crippen molar-refractivity contribution in [3.63, 3.8) is 0 Å². The minimum Gasteiger partial charge on any atom is -0.449 e. The molecule has 0 radical (unpaired) electrons. The van der Waals surface area contributed by atoms with Gasteiger partial charge in [-0.05, 0) is 48.2 Å². The summed E-state index contributed by atoms with van der Waals surface area (Å²) in [7, 11) is 0. The summed E-state index contributed by atoms with van der Waals surface area (Å²) in [5, 5.41) is 8.99. The molecule has 0 aliphatic rings. The smallest absolute Gasteiger partial charge is 0.449 e. The van der Waals surface area contributed by atoms with Crippen LogP contribution in [0.5, 0.6) is 5.75 Å². The van der Waals surface area contributed by atoms with Crippen LogP contribution in [0.4, 0.5) is 4.79 Å². The minimum absolute atomic E-state index is 0.334. The van der Waals surface area contributed by atoms with E-state index in [0.717, 1.165) is 59.4 Å². The van der Waals surface area contributed by atoms with Crippen LogP contribution in [-0.4, -0.2) is 20.8 Å². The molecule has 0 amide bonds. The molecule has 158 valence electrons. The number of carboxylic acid groups (broad SMARTS) is 1. The highest BCUT2D eigenvalue weighted by Crippen LogP contribution is 2.30. The topological polar surface area (TPSA) is 64.4 Å². The Bertz CT molecular complexity index is 1210. The number of aromatic nitrogens is 2. The predicted octanol–water partition coefficient (Wildman–Crippen LogP) is 6.46. The Kier molecular flexibility index (Phi) is 6.03. The van der Waals surface area contributed by atoms with Crippen molar-refractivity contribution in [3.05, 3.63) is 83.7 Å². The summed E-state index contributed by atoms with van der Waals surface area (Å²) in [6.07, 6.45) is 1.89. The van der Waals surface area contributed by atoms with Crippen LogP contribution in [0.3, 0.4) is 0 Å². The average Bonchev–Trinajstić information content (AvgIpc) is 3.09. The number of hydrogen-bond acceptors (Lipinski definition) is 3. The molecule has 0 atom stereocenters. The lowest BCUT2D eigenvalue weighted by Gasteiger charge is -2.11. The Morgan fingerprint density at radius 3 is 2.58 bits per heavy atom. The third-order valence-corrected chi connectivity index (χ3v) is 5.43. The predicted molar refractivity (Wildman–Crippen MR) is 123 cm³/mol. The summed E-state index contributed by atoms with van der Waals surface area (Å²) in [5.41, 5.74) is 6.24. The minimum atomic E-state index is -1.31. The van der Waals surface area contributed by atoms with Crippen molar-refractivity contribution in [2.45, 2.75) is 39.7 Å². The number of para-hydroxylation sites is 1. The van der Waals surface area contributed by atoms with E-state index in [1.54, 1.807) is 12.1 Å². The SMILES string of the molecule is CCCCc1nc2cc(C)ccc2n1Cc1ccc(-c2ccccc2OC(=O)O)cc1. The van der Waals surface area contributed by atoms with Gasteiger partial charge in [-0.3, -0.25) is 0 Å². The zero-order valence-corrected chi connectivity index (χ0v) is 17.8. The second-order valence-corrected chi connectivity index (χ2v) is 7.77. The highest BCUT2D eigenvalue weighted by Gasteiger charge is 2.12. The maximum atomic E-state index is 11.0. The monoisotopic (exact) mass is 414 g/mol. The number of unbranched alkanes of at least 4 members (excludes halogenated alkanes) is 1. The van der Waals surface area contributed by atoms with E-state index in [1.807, 2.05) is 24.3 Å². The van der Waals surface area contributed by atoms with Crippen LogP contribution in [0, 0.1) is 6.92 Å². The van der Waals surface area contributed by atoms with Gasteiger partial charge in [-0.15, -0.1) is 0 Å². The Morgan fingerprint density at radius 1 is 1.06 bits per heavy atom. The van der Waals surface area contributed by atoms with E-state index in [1.165, 1.54) is 5.56 Å². The van der Waals surface area contributed by atoms with E-state index in [2.05, 4.69) is 48.7 Å². The van der Waals surface area contributed by atoms with Gasteiger partial charge in [0.25, 0.3) is 0 Å². The maximum Gasteiger partial charge on any atom is 0.511 e. The Morgan fingerprint density at radius 2 is 1.84 bits per heavy atom. The van der Waals surface area contributed by atoms with E-state index in [9.17, 15) is 4.79 Å². The zero-order chi connectivity index (χ0) is 21.8. The molecule has 5 heteroatoms. The first-order chi connectivity index (χ1) is 15.0. The molecule has 0 aliphatic heterocycles. The standard InChI is InChI=1S/C26H26N2O3/c1-3-4-9-25-27-22-16-18(2)10-15-23(22)28(25)17-19-11-13-20(14-12-19)21-7-5-6-8-24(21)31-26(29)30/h5-8,10-16H,3-4,9,17H2,1-2H3,(H,29,30). The van der Waals surface area contributed by atoms with Crippen molar-refractivity contribution in [2.75, 3.05) is 0 Å². The number of aryl methyl sites for hydroxylation is 2. The normalized spacial score (nSPS) is 11.0. The Labute approximate surface area is 181 Å². The van der Waals surface area contributed by atoms with Crippen LogP contribution in [0.2, 0.25) is 0 Å². The van der Waals surface area contributed by atoms with Crippen molar-refractivity contribution in [2.24, 2.45) is 0 Å². The van der Waals surface area contributed by atoms with Crippen molar-refractivity contribution >= 4 is 17.2 Å². The first-order valence-corrected chi connectivity index (χ1v) is 10.6. The molecule has 0 spiro atoms. The van der Waals surface area contributed by atoms with Gasteiger partial charge in [0.05, 0.1) is 11.0 Å². The number of hydrogen-bond donors (Lipinski definition) is 1. The highest BCUT2D eigenvalue weighted by molar-refractivity contribution is 5.77. The zero-order valence-electron chi connectivity index (χ0n) is 17.8. The fourth-order valence-corrected chi connectivity index (χ4v) is 3.85. The molecular formula is C26H26N2O3. The van der Waals surface area contributed by atoms with Crippen molar-refractivity contribution < 1.29 is 14.6 Å². The number of fused-ring (bicyclic) bond motifs is 1. The van der Waals surface area contributed by atoms with Crippen LogP contribution in [0.25, 0.3) is 22.2 Å². The molecule has 31 heavy (non-hydrogen) atoms. The molecule has 0 saturated carbocycles. The molecular weight excluding hydrogens is 388 g/mol. The van der Waals surface area contributed by atoms with Gasteiger partial charge in [0.15, 0.2) is 0 Å². The Balaban J connectivity index is 1.64. The molecule has 1 aromatic heterocycles. The summed E-state index contributed by atoms with van der Waals surface area (Å²) in [4.78, 5) is 15.9. The van der Waals surface area contributed by atoms with E-state index >= 15 is 0 Å². The molecule has 5 nitrogen and oxygen atoms in total. The van der Waals surface area contributed by atoms with Crippen molar-refractivity contribution in [1.29, 1.82) is 0 Å². The van der Waals surface area contributed by atoms with Crippen LogP contribution < -0.4 is 4.74 Å². The highest BCUT2D eigenvalue weighted by atomic mass is 16.7. The molecule has 0 unspecified atom stereocenters. The lowest BCUT2D eigenvalue weighted by Crippen LogP contribution is -2.05. The average molecular weight is 415 g/mol. The summed E-state index contributed by atoms with van der Waals surface area (Å²) >= 11 is 0. The van der Waals surface area contributed by atoms with Gasteiger partial charge >= 0.3 is 6.16 Å². The van der Waals surface area contributed by atoms with Crippen LogP contribution in [-0.2, 0) is 13.0 Å². The lowest BCUT2D eigenvalue weighted by molar-refractivity contribution is 0.144. The number of benzene rings is 3. The van der Waals surface area contributed by atoms with Gasteiger partial charge in [0.2, 0.25) is 0 Å². The van der Waals surface area contributed by atoms with Crippen molar-refractivity contribution in [1.82, 2.24) is 9.55 Å². The van der Waals surface area contributed by atoms with E-state index in [4.69, 9.17) is 14.8 Å². The van der Waals surface area contributed by atoms with Gasteiger partial charge < -0.3 is 14.4 Å². The molecule has 3 aromatic carbocycles. The largest absolute Gasteiger partial charge is 0.511 e. The number of imidazole rings is 1. The van der Waals surface area contributed by atoms with Gasteiger partial charge in [0, 0.05) is 18.5 Å². The fourth-order valence-electron chi connectivity index (χ4n) is 3.85. The molecule has 0 bridgehead atoms. The number of rotatable bonds is 7. The third kappa shape index (κ3) is 4.61. The quantitative estimate of drug-likeness (QED) is 0.278. The molecule has 0 saturated heterocycles. The first kappa shape index (κ1) is 20.7. The fraction of sp³-hybridized carbons (Fsp3) is 0.231. The van der Waals surface area contributed by atoms with Gasteiger partial charge in [-0.1, -0.05) is 61.9 Å². The summed E-state index contributed by atoms with van der Waals surface area (Å²) in [6, 6.07) is 21.8. The number of ether oxygens (including phenoxy) is 1. The van der Waals surface area contributed by atoms with Crippen molar-refractivity contribution in [3.8, 4) is 16.9 Å². The molecule has 4 rings (SSSR count). The number of carbonyl (C=O) groups is 1. The van der Waals surface area contributed by atoms with E-state index in [-0.39, 0.29) is 0 Å². The molecule has 4 aromatic rings. The second kappa shape index (κ2) is 9.04. The molecule has 1 N–H and O–H groups in total. The Hall–Kier alpha value is -3.60. The van der Waals surface area contributed by atoms with E-state index in [0.29, 0.717) is 5.75 Å². The van der Waals surface area contributed by atoms with Gasteiger partial charge in [-0.25, -0.2) is 9.78 Å². The molecule has 0 fully saturated rings. The van der Waals surface area contributed by atoms with Crippen LogP contribution in [0.1, 0.15) is 36.7 Å². The number of nitrogens with zero attached hydrogens (tertiary/aromatic N) is 2. The summed E-state index contributed by atoms with van der Waals surface area (Å²) in [6.45, 7) is 5.03. The van der Waals surface area contributed by atoms with E-state index < -0.39 is 6.16 Å². The van der Waals surface area contributed by atoms with Gasteiger partial charge in [0.1, 0.15) is 11.6 Å². The molecule has 1 heterocycles. The maximum absolute atomic E-state index is 11.0. The first-order valence-electron chi connectivity index (χ1n) is 10.6.